The van der Waals surface area contributed by atoms with Crippen LogP contribution in [0.2, 0.25) is 0 Å². The fourth-order valence-electron chi connectivity index (χ4n) is 4.94. The molecule has 2 aliphatic heterocycles. The molecule has 0 saturated carbocycles. The highest BCUT2D eigenvalue weighted by Crippen LogP contribution is 2.35. The number of benzene rings is 1. The first-order chi connectivity index (χ1) is 15.8. The van der Waals surface area contributed by atoms with E-state index in [1.165, 1.54) is 12.0 Å². The number of carbonyl (C=O) groups excluding carboxylic acids is 1. The Hall–Kier alpha value is -2.15. The van der Waals surface area contributed by atoms with Crippen molar-refractivity contribution < 1.29 is 19.1 Å². The largest absolute Gasteiger partial charge is 0.451 e. The first kappa shape index (κ1) is 24.0. The van der Waals surface area contributed by atoms with Crippen molar-refractivity contribution in [2.75, 3.05) is 45.9 Å². The molecule has 180 valence electrons. The number of ether oxygens (including phenoxy) is 1. The Bertz CT molecular complexity index is 977. The second-order valence-electron chi connectivity index (χ2n) is 10.1. The van der Waals surface area contributed by atoms with E-state index in [2.05, 4.69) is 31.7 Å². The normalized spacial score (nSPS) is 20.1. The second kappa shape index (κ2) is 10.4. The van der Waals surface area contributed by atoms with Gasteiger partial charge in [-0.25, -0.2) is 0 Å². The minimum Gasteiger partial charge on any atom is -0.451 e. The summed E-state index contributed by atoms with van der Waals surface area (Å²) >= 11 is 0. The molecule has 1 aromatic heterocycles. The van der Waals surface area contributed by atoms with Crippen LogP contribution in [0.3, 0.4) is 0 Å². The quantitative estimate of drug-likeness (QED) is 0.621. The molecule has 3 heterocycles. The number of morpholine rings is 1. The maximum Gasteiger partial charge on any atom is 0.289 e. The summed E-state index contributed by atoms with van der Waals surface area (Å²) in [6.45, 7) is 11.8. The summed E-state index contributed by atoms with van der Waals surface area (Å²) in [5.74, 6) is 0.909. The van der Waals surface area contributed by atoms with E-state index >= 15 is 0 Å². The molecule has 0 bridgehead atoms. The van der Waals surface area contributed by atoms with Crippen molar-refractivity contribution in [1.82, 2.24) is 9.80 Å². The van der Waals surface area contributed by atoms with Crippen LogP contribution in [-0.2, 0) is 10.3 Å². The summed E-state index contributed by atoms with van der Waals surface area (Å²) in [4.78, 5) is 17.0. The van der Waals surface area contributed by atoms with Crippen LogP contribution in [-0.4, -0.2) is 66.8 Å². The van der Waals surface area contributed by atoms with Gasteiger partial charge in [0, 0.05) is 38.1 Å². The number of amides is 1. The Morgan fingerprint density at radius 2 is 1.88 bits per heavy atom. The molecule has 1 aromatic carbocycles. The van der Waals surface area contributed by atoms with E-state index in [4.69, 9.17) is 9.15 Å². The molecule has 2 fully saturated rings. The Labute approximate surface area is 197 Å². The average Bonchev–Trinajstić information content (AvgIpc) is 3.24. The smallest absolute Gasteiger partial charge is 0.289 e. The summed E-state index contributed by atoms with van der Waals surface area (Å²) in [7, 11) is 0. The Balaban J connectivity index is 1.37. The highest BCUT2D eigenvalue weighted by atomic mass is 16.5. The van der Waals surface area contributed by atoms with Crippen molar-refractivity contribution >= 4 is 16.9 Å². The van der Waals surface area contributed by atoms with Gasteiger partial charge in [-0.2, -0.15) is 0 Å². The van der Waals surface area contributed by atoms with Crippen LogP contribution in [0.4, 0.5) is 0 Å². The van der Waals surface area contributed by atoms with Crippen LogP contribution in [0.15, 0.2) is 40.3 Å². The lowest BCUT2D eigenvalue weighted by Crippen LogP contribution is -2.44. The summed E-state index contributed by atoms with van der Waals surface area (Å²) in [6, 6.07) is 7.64. The topological polar surface area (TPSA) is 66.2 Å². The third-order valence-electron chi connectivity index (χ3n) is 7.03. The number of rotatable bonds is 7. The zero-order chi connectivity index (χ0) is 23.4. The van der Waals surface area contributed by atoms with Crippen molar-refractivity contribution in [3.05, 3.63) is 47.2 Å². The Kier molecular flexibility index (Phi) is 7.57. The van der Waals surface area contributed by atoms with Gasteiger partial charge in [0.25, 0.3) is 5.91 Å². The van der Waals surface area contributed by atoms with E-state index in [-0.39, 0.29) is 5.91 Å². The molecule has 4 rings (SSSR count). The van der Waals surface area contributed by atoms with Crippen LogP contribution in [0.1, 0.15) is 62.6 Å². The van der Waals surface area contributed by atoms with Gasteiger partial charge in [-0.1, -0.05) is 24.6 Å². The molecule has 2 saturated heterocycles. The molecular weight excluding hydrogens is 416 g/mol. The van der Waals surface area contributed by atoms with Gasteiger partial charge in [0.15, 0.2) is 5.76 Å². The molecule has 0 aliphatic carbocycles. The molecule has 2 aromatic rings. The number of likely N-dealkylation sites (tertiary alicyclic amines) is 1. The number of furan rings is 1. The molecule has 6 nitrogen and oxygen atoms in total. The van der Waals surface area contributed by atoms with Gasteiger partial charge in [-0.05, 0) is 69.2 Å². The number of aliphatic hydroxyl groups is 1. The van der Waals surface area contributed by atoms with Gasteiger partial charge in [-0.15, -0.1) is 0 Å². The van der Waals surface area contributed by atoms with E-state index in [0.717, 1.165) is 49.8 Å². The van der Waals surface area contributed by atoms with Crippen LogP contribution in [0.25, 0.3) is 11.0 Å². The van der Waals surface area contributed by atoms with Crippen molar-refractivity contribution in [3.8, 4) is 0 Å². The van der Waals surface area contributed by atoms with E-state index in [0.29, 0.717) is 43.6 Å². The van der Waals surface area contributed by atoms with Crippen LogP contribution >= 0.6 is 0 Å². The fourth-order valence-corrected chi connectivity index (χ4v) is 4.94. The third-order valence-corrected chi connectivity index (χ3v) is 7.03. The number of carbonyl (C=O) groups is 1. The lowest BCUT2D eigenvalue weighted by Gasteiger charge is -2.39. The average molecular weight is 455 g/mol. The van der Waals surface area contributed by atoms with Crippen molar-refractivity contribution in [3.63, 3.8) is 0 Å². The zero-order valence-electron chi connectivity index (χ0n) is 20.3. The van der Waals surface area contributed by atoms with Gasteiger partial charge in [0.2, 0.25) is 0 Å². The molecule has 33 heavy (non-hydrogen) atoms. The van der Waals surface area contributed by atoms with Gasteiger partial charge < -0.3 is 24.1 Å². The lowest BCUT2D eigenvalue weighted by atomic mass is 9.83. The molecule has 1 atom stereocenters. The van der Waals surface area contributed by atoms with Crippen LogP contribution < -0.4 is 0 Å². The minimum absolute atomic E-state index is 0.0956. The highest BCUT2D eigenvalue weighted by molar-refractivity contribution is 5.96. The predicted molar refractivity (Wildman–Crippen MR) is 130 cm³/mol. The number of nitrogens with zero attached hydrogens (tertiary/aromatic N) is 2. The molecule has 0 unspecified atom stereocenters. The maximum absolute atomic E-state index is 12.8. The van der Waals surface area contributed by atoms with Crippen molar-refractivity contribution in [2.45, 2.75) is 52.1 Å². The summed E-state index contributed by atoms with van der Waals surface area (Å²) in [5, 5.41) is 12.3. The van der Waals surface area contributed by atoms with E-state index in [9.17, 15) is 9.90 Å². The summed E-state index contributed by atoms with van der Waals surface area (Å²) in [6.07, 6.45) is 6.10. The minimum atomic E-state index is -0.832. The second-order valence-corrected chi connectivity index (χ2v) is 10.1. The van der Waals surface area contributed by atoms with E-state index in [1.807, 2.05) is 24.3 Å². The van der Waals surface area contributed by atoms with Crippen molar-refractivity contribution in [2.24, 2.45) is 5.92 Å². The molecule has 1 N–H and O–H groups in total. The third kappa shape index (κ3) is 5.86. The SMILES string of the molecule is CC(C)=CCC[C@@H](C)CN1CCC(O)(c2ccc3oc(C(=O)N4CCOCC4)cc3c2)CC1. The molecule has 2 aliphatic rings. The standard InChI is InChI=1S/C27H38N2O4/c1-20(2)5-4-6-21(3)19-28-11-9-27(31,10-12-28)23-7-8-24-22(17-23)18-25(33-24)26(30)29-13-15-32-16-14-29/h5,7-8,17-18,21,31H,4,6,9-16,19H2,1-3H3/t21-/m1/s1. The maximum atomic E-state index is 12.8. The number of hydrogen-bond donors (Lipinski definition) is 1. The van der Waals surface area contributed by atoms with Crippen LogP contribution in [0.5, 0.6) is 0 Å². The van der Waals surface area contributed by atoms with Gasteiger partial charge in [0.1, 0.15) is 5.58 Å². The van der Waals surface area contributed by atoms with E-state index < -0.39 is 5.60 Å². The number of piperidine rings is 1. The molecule has 1 amide bonds. The Morgan fingerprint density at radius 1 is 1.15 bits per heavy atom. The van der Waals surface area contributed by atoms with Crippen LogP contribution in [0, 0.1) is 5.92 Å². The number of allylic oxidation sites excluding steroid dienone is 2. The lowest BCUT2D eigenvalue weighted by molar-refractivity contribution is -0.0284. The number of hydrogen-bond acceptors (Lipinski definition) is 5. The predicted octanol–water partition coefficient (Wildman–Crippen LogP) is 4.57. The fraction of sp³-hybridized carbons (Fsp3) is 0.593. The summed E-state index contributed by atoms with van der Waals surface area (Å²) < 4.78 is 11.2. The van der Waals surface area contributed by atoms with Gasteiger partial charge >= 0.3 is 0 Å². The molecule has 0 spiro atoms. The first-order valence-corrected chi connectivity index (χ1v) is 12.3. The first-order valence-electron chi connectivity index (χ1n) is 12.3. The highest BCUT2D eigenvalue weighted by Gasteiger charge is 2.34. The van der Waals surface area contributed by atoms with Crippen molar-refractivity contribution in [1.29, 1.82) is 0 Å². The zero-order valence-corrected chi connectivity index (χ0v) is 20.3. The molecular formula is C27H38N2O4. The summed E-state index contributed by atoms with van der Waals surface area (Å²) in [5.41, 5.74) is 2.15. The number of fused-ring (bicyclic) bond motifs is 1. The van der Waals surface area contributed by atoms with Gasteiger partial charge in [0.05, 0.1) is 18.8 Å². The molecule has 6 heteroatoms. The van der Waals surface area contributed by atoms with Gasteiger partial charge in [-0.3, -0.25) is 4.79 Å². The monoisotopic (exact) mass is 454 g/mol. The van der Waals surface area contributed by atoms with E-state index in [1.54, 1.807) is 4.90 Å². The Morgan fingerprint density at radius 3 is 2.58 bits per heavy atom. The molecule has 0 radical (unpaired) electrons.